The van der Waals surface area contributed by atoms with Crippen LogP contribution < -0.4 is 0 Å². The number of halogens is 4. The number of rotatable bonds is 1. The van der Waals surface area contributed by atoms with E-state index >= 15 is 0 Å². The van der Waals surface area contributed by atoms with Gasteiger partial charge in [0.05, 0.1) is 10.9 Å². The Balaban J connectivity index is 2.79. The van der Waals surface area contributed by atoms with Crippen molar-refractivity contribution in [3.63, 3.8) is 0 Å². The third-order valence-electron chi connectivity index (χ3n) is 1.82. The molecule has 74 valence electrons. The van der Waals surface area contributed by atoms with E-state index in [1.807, 2.05) is 0 Å². The van der Waals surface area contributed by atoms with E-state index in [4.69, 9.17) is 11.6 Å². The van der Waals surface area contributed by atoms with E-state index in [-0.39, 0.29) is 15.9 Å². The van der Waals surface area contributed by atoms with Crippen molar-refractivity contribution in [3.8, 4) is 0 Å². The maximum absolute atomic E-state index is 13.2. The Morgan fingerprint density at radius 3 is 2.71 bits per heavy atom. The molecule has 1 heterocycles. The molecule has 0 spiro atoms. The average Bonchev–Trinajstić information content (AvgIpc) is 2.47. The van der Waals surface area contributed by atoms with Crippen LogP contribution in [0.4, 0.5) is 13.2 Å². The summed E-state index contributed by atoms with van der Waals surface area (Å²) in [6.07, 6.45) is -2.78. The quantitative estimate of drug-likeness (QED) is 0.785. The Morgan fingerprint density at radius 1 is 1.36 bits per heavy atom. The number of fused-ring (bicyclic) bond motifs is 1. The third-order valence-corrected chi connectivity index (χ3v) is 2.04. The Hall–Kier alpha value is -1.23. The molecule has 14 heavy (non-hydrogen) atoms. The van der Waals surface area contributed by atoms with Crippen LogP contribution in [-0.4, -0.2) is 10.2 Å². The second-order valence-electron chi connectivity index (χ2n) is 2.72. The molecule has 0 saturated carbocycles. The van der Waals surface area contributed by atoms with Crippen LogP contribution in [0.25, 0.3) is 10.9 Å². The summed E-state index contributed by atoms with van der Waals surface area (Å²) >= 11 is 5.53. The van der Waals surface area contributed by atoms with Crippen molar-refractivity contribution in [2.24, 2.45) is 0 Å². The first-order valence-electron chi connectivity index (χ1n) is 3.70. The summed E-state index contributed by atoms with van der Waals surface area (Å²) in [7, 11) is 0. The molecule has 0 radical (unpaired) electrons. The zero-order valence-electron chi connectivity index (χ0n) is 6.69. The summed E-state index contributed by atoms with van der Waals surface area (Å²) in [4.78, 5) is 0. The molecule has 1 aromatic carbocycles. The Labute approximate surface area is 81.7 Å². The normalized spacial score (nSPS) is 11.5. The summed E-state index contributed by atoms with van der Waals surface area (Å²) in [5, 5.41) is 5.54. The van der Waals surface area contributed by atoms with Gasteiger partial charge in [-0.1, -0.05) is 11.6 Å². The van der Waals surface area contributed by atoms with Gasteiger partial charge in [0.25, 0.3) is 6.43 Å². The molecular formula is C8H4ClF3N2. The molecule has 0 bridgehead atoms. The van der Waals surface area contributed by atoms with Crippen LogP contribution in [-0.2, 0) is 0 Å². The van der Waals surface area contributed by atoms with E-state index in [0.717, 1.165) is 6.07 Å². The molecular weight excluding hydrogens is 217 g/mol. The summed E-state index contributed by atoms with van der Waals surface area (Å²) in [5.41, 5.74) is -0.417. The lowest BCUT2D eigenvalue weighted by Crippen LogP contribution is -1.86. The molecule has 0 unspecified atom stereocenters. The molecule has 0 fully saturated rings. The molecule has 2 aromatic rings. The zero-order chi connectivity index (χ0) is 10.3. The van der Waals surface area contributed by atoms with Crippen molar-refractivity contribution >= 4 is 22.5 Å². The average molecular weight is 221 g/mol. The summed E-state index contributed by atoms with van der Waals surface area (Å²) < 4.78 is 37.9. The molecule has 0 aliphatic heterocycles. The van der Waals surface area contributed by atoms with Crippen molar-refractivity contribution in [1.29, 1.82) is 0 Å². The molecule has 6 heteroatoms. The third kappa shape index (κ3) is 1.33. The highest BCUT2D eigenvalue weighted by Gasteiger charge is 2.18. The molecule has 0 saturated heterocycles. The van der Waals surface area contributed by atoms with Gasteiger partial charge in [0.2, 0.25) is 0 Å². The van der Waals surface area contributed by atoms with Gasteiger partial charge < -0.3 is 0 Å². The van der Waals surface area contributed by atoms with Crippen molar-refractivity contribution in [2.75, 3.05) is 0 Å². The van der Waals surface area contributed by atoms with Gasteiger partial charge in [-0.25, -0.2) is 13.2 Å². The van der Waals surface area contributed by atoms with Gasteiger partial charge in [0, 0.05) is 5.02 Å². The van der Waals surface area contributed by atoms with E-state index in [2.05, 4.69) is 10.2 Å². The molecule has 0 atom stereocenters. The van der Waals surface area contributed by atoms with Crippen molar-refractivity contribution in [1.82, 2.24) is 10.2 Å². The number of nitrogens with zero attached hydrogens (tertiary/aromatic N) is 1. The van der Waals surface area contributed by atoms with Crippen LogP contribution in [0.2, 0.25) is 5.02 Å². The Morgan fingerprint density at radius 2 is 2.07 bits per heavy atom. The number of benzene rings is 1. The lowest BCUT2D eigenvalue weighted by atomic mass is 10.2. The van der Waals surface area contributed by atoms with E-state index in [1.165, 1.54) is 6.07 Å². The fourth-order valence-electron chi connectivity index (χ4n) is 1.25. The number of hydrogen-bond donors (Lipinski definition) is 1. The molecule has 1 N–H and O–H groups in total. The second kappa shape index (κ2) is 3.16. The number of alkyl halides is 2. The van der Waals surface area contributed by atoms with Crippen LogP contribution in [0.15, 0.2) is 12.1 Å². The Bertz CT molecular complexity index is 481. The lowest BCUT2D eigenvalue weighted by Gasteiger charge is -1.97. The smallest absolute Gasteiger partial charge is 0.275 e. The van der Waals surface area contributed by atoms with Crippen molar-refractivity contribution < 1.29 is 13.2 Å². The zero-order valence-corrected chi connectivity index (χ0v) is 7.45. The first kappa shape index (κ1) is 9.33. The number of hydrogen-bond acceptors (Lipinski definition) is 1. The predicted molar refractivity (Wildman–Crippen MR) is 46.0 cm³/mol. The number of nitrogens with one attached hydrogen (secondary N) is 1. The van der Waals surface area contributed by atoms with Crippen LogP contribution in [0.1, 0.15) is 12.1 Å². The predicted octanol–water partition coefficient (Wildman–Crippen LogP) is 3.29. The van der Waals surface area contributed by atoms with E-state index < -0.39 is 17.9 Å². The summed E-state index contributed by atoms with van der Waals surface area (Å²) in [6.45, 7) is 0. The van der Waals surface area contributed by atoms with Gasteiger partial charge in [-0.05, 0) is 12.1 Å². The second-order valence-corrected chi connectivity index (χ2v) is 3.16. The van der Waals surface area contributed by atoms with E-state index in [0.29, 0.717) is 0 Å². The Kier molecular flexibility index (Phi) is 2.11. The van der Waals surface area contributed by atoms with Gasteiger partial charge in [-0.3, -0.25) is 5.10 Å². The van der Waals surface area contributed by atoms with Gasteiger partial charge in [-0.2, -0.15) is 5.10 Å². The lowest BCUT2D eigenvalue weighted by molar-refractivity contribution is 0.147. The van der Waals surface area contributed by atoms with Crippen LogP contribution in [0, 0.1) is 5.82 Å². The fourth-order valence-corrected chi connectivity index (χ4v) is 1.45. The standard InChI is InChI=1S/C8H4ClF3N2/c9-3-1-4(10)6-5(2-3)13-14-7(6)8(11)12/h1-2,8H,(H,13,14). The first-order chi connectivity index (χ1) is 6.59. The van der Waals surface area contributed by atoms with Gasteiger partial charge in [0.15, 0.2) is 0 Å². The minimum Gasteiger partial charge on any atom is -0.275 e. The summed E-state index contributed by atoms with van der Waals surface area (Å²) in [5.74, 6) is -0.795. The number of aromatic amines is 1. The van der Waals surface area contributed by atoms with Crippen molar-refractivity contribution in [3.05, 3.63) is 28.7 Å². The molecule has 2 rings (SSSR count). The van der Waals surface area contributed by atoms with Crippen LogP contribution >= 0.6 is 11.6 Å². The molecule has 2 nitrogen and oxygen atoms in total. The molecule has 0 aliphatic rings. The van der Waals surface area contributed by atoms with E-state index in [1.54, 1.807) is 0 Å². The van der Waals surface area contributed by atoms with E-state index in [9.17, 15) is 13.2 Å². The number of H-pyrrole nitrogens is 1. The maximum atomic E-state index is 13.2. The minimum absolute atomic E-state index is 0.102. The minimum atomic E-state index is -2.78. The van der Waals surface area contributed by atoms with Crippen LogP contribution in [0.3, 0.4) is 0 Å². The monoisotopic (exact) mass is 220 g/mol. The van der Waals surface area contributed by atoms with Gasteiger partial charge in [-0.15, -0.1) is 0 Å². The van der Waals surface area contributed by atoms with Crippen molar-refractivity contribution in [2.45, 2.75) is 6.43 Å². The summed E-state index contributed by atoms with van der Waals surface area (Å²) in [6, 6.07) is 2.30. The SMILES string of the molecule is Fc1cc(Cl)cc2n[nH]c(C(F)F)c12. The molecule has 1 aromatic heterocycles. The fraction of sp³-hybridized carbons (Fsp3) is 0.125. The highest BCUT2D eigenvalue weighted by atomic mass is 35.5. The van der Waals surface area contributed by atoms with Gasteiger partial charge >= 0.3 is 0 Å². The molecule has 0 amide bonds. The largest absolute Gasteiger partial charge is 0.280 e. The van der Waals surface area contributed by atoms with Crippen LogP contribution in [0.5, 0.6) is 0 Å². The topological polar surface area (TPSA) is 28.7 Å². The maximum Gasteiger partial charge on any atom is 0.280 e. The number of aromatic nitrogens is 2. The highest BCUT2D eigenvalue weighted by Crippen LogP contribution is 2.29. The van der Waals surface area contributed by atoms with Gasteiger partial charge in [0.1, 0.15) is 11.5 Å². The first-order valence-corrected chi connectivity index (χ1v) is 4.08. The molecule has 0 aliphatic carbocycles. The highest BCUT2D eigenvalue weighted by molar-refractivity contribution is 6.31.